The molecular weight excluding hydrogens is 330 g/mol. The largest absolute Gasteiger partial charge is 0.480 e. The highest BCUT2D eigenvalue weighted by Crippen LogP contribution is 2.42. The van der Waals surface area contributed by atoms with Gasteiger partial charge in [-0.25, -0.2) is 4.79 Å². The summed E-state index contributed by atoms with van der Waals surface area (Å²) in [6.07, 6.45) is 4.56. The first-order chi connectivity index (χ1) is 12.6. The van der Waals surface area contributed by atoms with E-state index in [2.05, 4.69) is 5.10 Å². The average Bonchev–Trinajstić information content (AvgIpc) is 3.30. The Hall–Kier alpha value is -2.63. The molecule has 2 fully saturated rings. The van der Waals surface area contributed by atoms with Crippen molar-refractivity contribution >= 4 is 11.9 Å². The number of amides is 1. The van der Waals surface area contributed by atoms with Crippen molar-refractivity contribution in [3.63, 3.8) is 0 Å². The van der Waals surface area contributed by atoms with Crippen LogP contribution in [-0.2, 0) is 11.3 Å². The second-order valence-electron chi connectivity index (χ2n) is 7.38. The van der Waals surface area contributed by atoms with E-state index in [0.717, 1.165) is 30.5 Å². The smallest absolute Gasteiger partial charge is 0.326 e. The van der Waals surface area contributed by atoms with Crippen LogP contribution in [0, 0.1) is 18.8 Å². The second kappa shape index (κ2) is 6.59. The molecule has 1 aliphatic heterocycles. The summed E-state index contributed by atoms with van der Waals surface area (Å²) in [4.78, 5) is 26.5. The summed E-state index contributed by atoms with van der Waals surface area (Å²) in [5.74, 6) is -0.679. The zero-order valence-electron chi connectivity index (χ0n) is 14.8. The summed E-state index contributed by atoms with van der Waals surface area (Å²) in [6, 6.07) is 9.24. The summed E-state index contributed by atoms with van der Waals surface area (Å²) in [6.45, 7) is 3.01. The number of carboxylic acids is 1. The van der Waals surface area contributed by atoms with Crippen molar-refractivity contribution in [3.05, 3.63) is 53.3 Å². The molecule has 0 bridgehead atoms. The monoisotopic (exact) mass is 353 g/mol. The van der Waals surface area contributed by atoms with Crippen LogP contribution in [0.5, 0.6) is 0 Å². The minimum absolute atomic E-state index is 0.0936. The third kappa shape index (κ3) is 2.79. The number of aliphatic carboxylic acids is 1. The van der Waals surface area contributed by atoms with E-state index < -0.39 is 12.0 Å². The number of fused-ring (bicyclic) bond motifs is 1. The van der Waals surface area contributed by atoms with E-state index in [1.165, 1.54) is 0 Å². The first kappa shape index (κ1) is 16.8. The number of hydrogen-bond acceptors (Lipinski definition) is 3. The predicted molar refractivity (Wildman–Crippen MR) is 95.8 cm³/mol. The van der Waals surface area contributed by atoms with Crippen molar-refractivity contribution < 1.29 is 14.7 Å². The Kier molecular flexibility index (Phi) is 4.26. The topological polar surface area (TPSA) is 75.4 Å². The molecule has 1 aliphatic carbocycles. The molecule has 26 heavy (non-hydrogen) atoms. The molecule has 136 valence electrons. The molecule has 1 N–H and O–H groups in total. The van der Waals surface area contributed by atoms with E-state index in [1.807, 2.05) is 37.3 Å². The van der Waals surface area contributed by atoms with E-state index in [1.54, 1.807) is 15.8 Å². The van der Waals surface area contributed by atoms with Gasteiger partial charge < -0.3 is 10.0 Å². The van der Waals surface area contributed by atoms with E-state index in [4.69, 9.17) is 0 Å². The van der Waals surface area contributed by atoms with Gasteiger partial charge in [0.1, 0.15) is 6.04 Å². The van der Waals surface area contributed by atoms with E-state index in [0.29, 0.717) is 24.6 Å². The lowest BCUT2D eigenvalue weighted by Gasteiger charge is -2.24. The zero-order chi connectivity index (χ0) is 18.3. The fourth-order valence-electron chi connectivity index (χ4n) is 4.56. The first-order valence-electron chi connectivity index (χ1n) is 9.16. The van der Waals surface area contributed by atoms with Crippen molar-refractivity contribution in [2.24, 2.45) is 11.8 Å². The molecule has 1 saturated carbocycles. The number of hydrogen-bond donors (Lipinski definition) is 1. The number of nitrogens with zero attached hydrogens (tertiary/aromatic N) is 3. The van der Waals surface area contributed by atoms with Crippen LogP contribution in [0.1, 0.15) is 40.9 Å². The van der Waals surface area contributed by atoms with Crippen molar-refractivity contribution in [1.82, 2.24) is 14.7 Å². The lowest BCUT2D eigenvalue weighted by Crippen LogP contribution is -2.43. The van der Waals surface area contributed by atoms with Gasteiger partial charge >= 0.3 is 5.97 Å². The fraction of sp³-hybridized carbons (Fsp3) is 0.450. The number of rotatable bonds is 4. The van der Waals surface area contributed by atoms with Crippen molar-refractivity contribution in [2.75, 3.05) is 6.54 Å². The Morgan fingerprint density at radius 3 is 2.73 bits per heavy atom. The van der Waals surface area contributed by atoms with Crippen LogP contribution in [0.25, 0.3) is 0 Å². The lowest BCUT2D eigenvalue weighted by atomic mass is 9.94. The predicted octanol–water partition coefficient (Wildman–Crippen LogP) is 2.57. The Bertz CT molecular complexity index is 830. The number of likely N-dealkylation sites (tertiary alicyclic amines) is 1. The number of carbonyl (C=O) groups excluding carboxylic acids is 1. The molecule has 1 aromatic carbocycles. The minimum Gasteiger partial charge on any atom is -0.480 e. The summed E-state index contributed by atoms with van der Waals surface area (Å²) < 4.78 is 1.80. The Balaban J connectivity index is 1.58. The minimum atomic E-state index is -0.887. The summed E-state index contributed by atoms with van der Waals surface area (Å²) in [5.41, 5.74) is 2.39. The molecule has 2 heterocycles. The quantitative estimate of drug-likeness (QED) is 0.917. The maximum absolute atomic E-state index is 13.1. The van der Waals surface area contributed by atoms with Gasteiger partial charge in [0.2, 0.25) is 0 Å². The van der Waals surface area contributed by atoms with Crippen molar-refractivity contribution in [1.29, 1.82) is 0 Å². The van der Waals surface area contributed by atoms with Gasteiger partial charge in [0.25, 0.3) is 5.91 Å². The molecule has 6 nitrogen and oxygen atoms in total. The standard InChI is InChI=1S/C20H23N3O3/c1-13-17(10-21-23(13)11-14-6-3-2-4-7-14)19(24)22-12-15-8-5-9-16(15)18(22)20(25)26/h2-4,6-7,10,15-16,18H,5,8-9,11-12H2,1H3,(H,25,26). The van der Waals surface area contributed by atoms with Gasteiger partial charge in [0.05, 0.1) is 18.3 Å². The average molecular weight is 353 g/mol. The first-order valence-corrected chi connectivity index (χ1v) is 9.16. The van der Waals surface area contributed by atoms with Gasteiger partial charge in [-0.05, 0) is 37.2 Å². The highest BCUT2D eigenvalue weighted by atomic mass is 16.4. The summed E-state index contributed by atoms with van der Waals surface area (Å²) in [7, 11) is 0. The van der Waals surface area contributed by atoms with Crippen LogP contribution >= 0.6 is 0 Å². The molecule has 0 radical (unpaired) electrons. The normalized spacial score (nSPS) is 24.7. The van der Waals surface area contributed by atoms with Crippen LogP contribution < -0.4 is 0 Å². The summed E-state index contributed by atoms with van der Waals surface area (Å²) in [5, 5.41) is 14.0. The maximum Gasteiger partial charge on any atom is 0.326 e. The molecule has 3 unspecified atom stereocenters. The zero-order valence-corrected chi connectivity index (χ0v) is 14.8. The third-order valence-electron chi connectivity index (χ3n) is 5.91. The van der Waals surface area contributed by atoms with Gasteiger partial charge in [-0.3, -0.25) is 9.48 Å². The second-order valence-corrected chi connectivity index (χ2v) is 7.38. The molecule has 2 aromatic rings. The number of carboxylic acid groups (broad SMARTS) is 1. The SMILES string of the molecule is Cc1c(C(=O)N2CC3CCCC3C2C(=O)O)cnn1Cc1ccccc1. The highest BCUT2D eigenvalue weighted by molar-refractivity contribution is 5.97. The number of benzene rings is 1. The fourth-order valence-corrected chi connectivity index (χ4v) is 4.56. The number of carbonyl (C=O) groups is 2. The van der Waals surface area contributed by atoms with Crippen LogP contribution in [0.3, 0.4) is 0 Å². The van der Waals surface area contributed by atoms with Gasteiger partial charge in [-0.1, -0.05) is 36.8 Å². The molecule has 1 amide bonds. The third-order valence-corrected chi connectivity index (χ3v) is 5.91. The molecule has 6 heteroatoms. The van der Waals surface area contributed by atoms with Crippen LogP contribution in [0.4, 0.5) is 0 Å². The Labute approximate surface area is 152 Å². The molecule has 1 aromatic heterocycles. The highest BCUT2D eigenvalue weighted by Gasteiger charge is 2.49. The van der Waals surface area contributed by atoms with Gasteiger partial charge in [0.15, 0.2) is 0 Å². The molecule has 2 aliphatic rings. The molecular formula is C20H23N3O3. The lowest BCUT2D eigenvalue weighted by molar-refractivity contribution is -0.142. The maximum atomic E-state index is 13.1. The molecule has 0 spiro atoms. The molecule has 1 saturated heterocycles. The van der Waals surface area contributed by atoms with E-state index in [-0.39, 0.29) is 11.8 Å². The van der Waals surface area contributed by atoms with Gasteiger partial charge in [0, 0.05) is 12.2 Å². The Morgan fingerprint density at radius 1 is 1.23 bits per heavy atom. The molecule has 4 rings (SSSR count). The summed E-state index contributed by atoms with van der Waals surface area (Å²) >= 11 is 0. The van der Waals surface area contributed by atoms with Crippen LogP contribution in [0.15, 0.2) is 36.5 Å². The van der Waals surface area contributed by atoms with Crippen LogP contribution in [0.2, 0.25) is 0 Å². The van der Waals surface area contributed by atoms with Gasteiger partial charge in [-0.2, -0.15) is 5.10 Å². The Morgan fingerprint density at radius 2 is 2.00 bits per heavy atom. The van der Waals surface area contributed by atoms with Crippen molar-refractivity contribution in [2.45, 2.75) is 38.8 Å². The van der Waals surface area contributed by atoms with E-state index >= 15 is 0 Å². The van der Waals surface area contributed by atoms with Gasteiger partial charge in [-0.15, -0.1) is 0 Å². The molecule has 3 atom stereocenters. The van der Waals surface area contributed by atoms with Crippen molar-refractivity contribution in [3.8, 4) is 0 Å². The number of aromatic nitrogens is 2. The van der Waals surface area contributed by atoms with Crippen LogP contribution in [-0.4, -0.2) is 44.3 Å². The van der Waals surface area contributed by atoms with E-state index in [9.17, 15) is 14.7 Å².